The fourth-order valence-electron chi connectivity index (χ4n) is 1.46. The lowest BCUT2D eigenvalue weighted by Gasteiger charge is -2.22. The normalized spacial score (nSPS) is 13.0. The lowest BCUT2D eigenvalue weighted by Crippen LogP contribution is -2.35. The van der Waals surface area contributed by atoms with Gasteiger partial charge >= 0.3 is 0 Å². The van der Waals surface area contributed by atoms with Crippen molar-refractivity contribution in [1.29, 1.82) is 0 Å². The number of nitrogens with one attached hydrogen (secondary N) is 1. The summed E-state index contributed by atoms with van der Waals surface area (Å²) in [5.41, 5.74) is 5.35. The third-order valence-electron chi connectivity index (χ3n) is 2.93. The molecule has 0 aromatic carbocycles. The molecule has 102 valence electrons. The lowest BCUT2D eigenvalue weighted by atomic mass is 9.88. The van der Waals surface area contributed by atoms with Gasteiger partial charge < -0.3 is 21.0 Å². The molecule has 0 aliphatic rings. The van der Waals surface area contributed by atoms with Gasteiger partial charge in [-0.05, 0) is 38.8 Å². The van der Waals surface area contributed by atoms with Crippen LogP contribution >= 0.6 is 0 Å². The second-order valence-electron chi connectivity index (χ2n) is 4.92. The van der Waals surface area contributed by atoms with Gasteiger partial charge in [0.15, 0.2) is 0 Å². The lowest BCUT2D eigenvalue weighted by molar-refractivity contribution is 0.192. The Morgan fingerprint density at radius 3 is 2.59 bits per heavy atom. The van der Waals surface area contributed by atoms with Crippen LogP contribution in [0.2, 0.25) is 0 Å². The maximum absolute atomic E-state index is 8.62. The van der Waals surface area contributed by atoms with E-state index in [4.69, 9.17) is 15.7 Å². The summed E-state index contributed by atoms with van der Waals surface area (Å²) in [4.78, 5) is 0. The van der Waals surface area contributed by atoms with Crippen LogP contribution in [0.1, 0.15) is 39.5 Å². The van der Waals surface area contributed by atoms with Crippen LogP contribution in [0.3, 0.4) is 0 Å². The van der Waals surface area contributed by atoms with Crippen LogP contribution in [-0.4, -0.2) is 37.8 Å². The van der Waals surface area contributed by atoms with Crippen molar-refractivity contribution in [2.75, 3.05) is 26.8 Å². The Kier molecular flexibility index (Phi) is 8.80. The fourth-order valence-corrected chi connectivity index (χ4v) is 1.46. The Morgan fingerprint density at radius 2 is 2.00 bits per heavy atom. The average molecular weight is 245 g/mol. The zero-order valence-electron chi connectivity index (χ0n) is 11.3. The molecule has 4 N–H and O–H groups in total. The standard InChI is InChI=1S/C12H27N3O2/c1-12(2,11(13)15-16)7-9-14-8-5-4-6-10-17-3/h14,16H,4-10H2,1-3H3,(H2,13,15). The average Bonchev–Trinajstić information content (AvgIpc) is 2.31. The second-order valence-corrected chi connectivity index (χ2v) is 4.92. The minimum absolute atomic E-state index is 0.252. The van der Waals surface area contributed by atoms with Gasteiger partial charge in [-0.25, -0.2) is 0 Å². The first-order valence-corrected chi connectivity index (χ1v) is 6.22. The Hall–Kier alpha value is -0.810. The number of hydrogen-bond donors (Lipinski definition) is 3. The van der Waals surface area contributed by atoms with Crippen molar-refractivity contribution in [2.45, 2.75) is 39.5 Å². The molecule has 0 radical (unpaired) electrons. The highest BCUT2D eigenvalue weighted by Crippen LogP contribution is 2.19. The predicted octanol–water partition coefficient (Wildman–Crippen LogP) is 1.56. The molecule has 0 aliphatic heterocycles. The molecule has 0 unspecified atom stereocenters. The molecule has 0 rings (SSSR count). The van der Waals surface area contributed by atoms with E-state index in [1.165, 1.54) is 6.42 Å². The molecule has 0 fully saturated rings. The van der Waals surface area contributed by atoms with Crippen molar-refractivity contribution in [1.82, 2.24) is 5.32 Å². The number of unbranched alkanes of at least 4 members (excludes halogenated alkanes) is 2. The Labute approximate surface area is 104 Å². The maximum atomic E-state index is 8.62. The first kappa shape index (κ1) is 16.2. The van der Waals surface area contributed by atoms with E-state index < -0.39 is 0 Å². The van der Waals surface area contributed by atoms with Gasteiger partial charge in [0.1, 0.15) is 5.84 Å². The second kappa shape index (κ2) is 9.24. The number of methoxy groups -OCH3 is 1. The van der Waals surface area contributed by atoms with Gasteiger partial charge in [-0.2, -0.15) is 0 Å². The van der Waals surface area contributed by atoms with Crippen LogP contribution in [0.4, 0.5) is 0 Å². The summed E-state index contributed by atoms with van der Waals surface area (Å²) in [5, 5.41) is 15.1. The first-order chi connectivity index (χ1) is 8.04. The molecular weight excluding hydrogens is 218 g/mol. The molecule has 0 atom stereocenters. The Balaban J connectivity index is 3.45. The van der Waals surface area contributed by atoms with Crippen LogP contribution in [-0.2, 0) is 4.74 Å². The summed E-state index contributed by atoms with van der Waals surface area (Å²) < 4.78 is 4.98. The van der Waals surface area contributed by atoms with Crippen molar-refractivity contribution in [3.8, 4) is 0 Å². The molecule has 0 aliphatic carbocycles. The summed E-state index contributed by atoms with van der Waals surface area (Å²) in [6.07, 6.45) is 4.33. The highest BCUT2D eigenvalue weighted by Gasteiger charge is 2.22. The summed E-state index contributed by atoms with van der Waals surface area (Å²) in [6.45, 7) is 6.69. The van der Waals surface area contributed by atoms with E-state index in [9.17, 15) is 0 Å². The van der Waals surface area contributed by atoms with Crippen LogP contribution in [0.15, 0.2) is 5.16 Å². The molecule has 0 saturated heterocycles. The molecule has 5 nitrogen and oxygen atoms in total. The van der Waals surface area contributed by atoms with Gasteiger partial charge in [-0.1, -0.05) is 19.0 Å². The number of oxime groups is 1. The summed E-state index contributed by atoms with van der Waals surface area (Å²) in [6, 6.07) is 0. The molecule has 5 heteroatoms. The molecule has 17 heavy (non-hydrogen) atoms. The SMILES string of the molecule is COCCCCCNCCC(C)(C)C(N)=NO. The minimum Gasteiger partial charge on any atom is -0.409 e. The van der Waals surface area contributed by atoms with Crippen LogP contribution in [0.25, 0.3) is 0 Å². The van der Waals surface area contributed by atoms with Crippen molar-refractivity contribution < 1.29 is 9.94 Å². The van der Waals surface area contributed by atoms with E-state index in [1.807, 2.05) is 13.8 Å². The molecule has 0 heterocycles. The third kappa shape index (κ3) is 7.99. The quantitative estimate of drug-likeness (QED) is 0.179. The van der Waals surface area contributed by atoms with Gasteiger partial charge in [-0.3, -0.25) is 0 Å². The Bertz CT molecular complexity index is 218. The fraction of sp³-hybridized carbons (Fsp3) is 0.917. The maximum Gasteiger partial charge on any atom is 0.144 e. The minimum atomic E-state index is -0.252. The Morgan fingerprint density at radius 1 is 1.29 bits per heavy atom. The monoisotopic (exact) mass is 245 g/mol. The van der Waals surface area contributed by atoms with Crippen LogP contribution in [0, 0.1) is 5.41 Å². The topological polar surface area (TPSA) is 79.9 Å². The highest BCUT2D eigenvalue weighted by atomic mass is 16.5. The first-order valence-electron chi connectivity index (χ1n) is 6.22. The largest absolute Gasteiger partial charge is 0.409 e. The van der Waals surface area contributed by atoms with E-state index in [0.29, 0.717) is 5.84 Å². The number of nitrogens with two attached hydrogens (primary N) is 1. The van der Waals surface area contributed by atoms with Crippen molar-refractivity contribution >= 4 is 5.84 Å². The third-order valence-corrected chi connectivity index (χ3v) is 2.93. The van der Waals surface area contributed by atoms with E-state index in [2.05, 4.69) is 10.5 Å². The van der Waals surface area contributed by atoms with Crippen molar-refractivity contribution in [3.63, 3.8) is 0 Å². The van der Waals surface area contributed by atoms with E-state index in [-0.39, 0.29) is 5.41 Å². The number of ether oxygens (including phenoxy) is 1. The molecule has 0 amide bonds. The van der Waals surface area contributed by atoms with Crippen LogP contribution in [0.5, 0.6) is 0 Å². The van der Waals surface area contributed by atoms with E-state index in [0.717, 1.165) is 39.0 Å². The zero-order chi connectivity index (χ0) is 13.1. The van der Waals surface area contributed by atoms with Gasteiger partial charge in [0.05, 0.1) is 0 Å². The van der Waals surface area contributed by atoms with Crippen molar-refractivity contribution in [3.05, 3.63) is 0 Å². The van der Waals surface area contributed by atoms with Gasteiger partial charge in [0.2, 0.25) is 0 Å². The summed E-state index contributed by atoms with van der Waals surface area (Å²) in [5.74, 6) is 0.291. The number of amidine groups is 1. The molecule has 0 bridgehead atoms. The predicted molar refractivity (Wildman–Crippen MR) is 70.4 cm³/mol. The smallest absolute Gasteiger partial charge is 0.144 e. The van der Waals surface area contributed by atoms with Crippen molar-refractivity contribution in [2.24, 2.45) is 16.3 Å². The van der Waals surface area contributed by atoms with Gasteiger partial charge in [0.25, 0.3) is 0 Å². The summed E-state index contributed by atoms with van der Waals surface area (Å²) >= 11 is 0. The van der Waals surface area contributed by atoms with E-state index >= 15 is 0 Å². The molecule has 0 spiro atoms. The molecular formula is C12H27N3O2. The van der Waals surface area contributed by atoms with Gasteiger partial charge in [0, 0.05) is 19.1 Å². The molecule has 0 aromatic rings. The highest BCUT2D eigenvalue weighted by molar-refractivity contribution is 5.85. The molecule has 0 aromatic heterocycles. The zero-order valence-corrected chi connectivity index (χ0v) is 11.3. The number of rotatable bonds is 10. The van der Waals surface area contributed by atoms with Crippen LogP contribution < -0.4 is 11.1 Å². The summed E-state index contributed by atoms with van der Waals surface area (Å²) in [7, 11) is 1.73. The number of nitrogens with zero attached hydrogens (tertiary/aromatic N) is 1. The number of hydrogen-bond acceptors (Lipinski definition) is 4. The molecule has 0 saturated carbocycles. The van der Waals surface area contributed by atoms with E-state index in [1.54, 1.807) is 7.11 Å². The van der Waals surface area contributed by atoms with Gasteiger partial charge in [-0.15, -0.1) is 0 Å².